The number of anilines is 2. The molecule has 7 heteroatoms. The summed E-state index contributed by atoms with van der Waals surface area (Å²) in [6.45, 7) is 2.29. The van der Waals surface area contributed by atoms with Crippen LogP contribution in [0.2, 0.25) is 0 Å². The summed E-state index contributed by atoms with van der Waals surface area (Å²) in [5.74, 6) is 0.347. The molecule has 0 radical (unpaired) electrons. The maximum atomic E-state index is 13.1. The average Bonchev–Trinajstić information content (AvgIpc) is 3.22. The number of hydrogen-bond acceptors (Lipinski definition) is 5. The van der Waals surface area contributed by atoms with Gasteiger partial charge in [0.15, 0.2) is 11.5 Å². The van der Waals surface area contributed by atoms with Gasteiger partial charge in [-0.05, 0) is 42.3 Å². The number of carbonyl (C=O) groups excluding carboxylic acids is 2. The molecule has 0 unspecified atom stereocenters. The van der Waals surface area contributed by atoms with Crippen LogP contribution in [-0.2, 0) is 11.2 Å². The summed E-state index contributed by atoms with van der Waals surface area (Å²) in [5.41, 5.74) is 2.82. The van der Waals surface area contributed by atoms with E-state index >= 15 is 0 Å². The summed E-state index contributed by atoms with van der Waals surface area (Å²) < 4.78 is 11.4. The third-order valence-electron chi connectivity index (χ3n) is 4.24. The second-order valence-corrected chi connectivity index (χ2v) is 6.78. The second-order valence-electron chi connectivity index (χ2n) is 5.86. The van der Waals surface area contributed by atoms with Crippen molar-refractivity contribution < 1.29 is 19.1 Å². The van der Waals surface area contributed by atoms with Crippen molar-refractivity contribution in [3.8, 4) is 11.5 Å². The molecule has 0 saturated carbocycles. The molecule has 0 saturated heterocycles. The number of carbonyl (C=O) groups is 2. The second kappa shape index (κ2) is 6.07. The smallest absolute Gasteiger partial charge is 0.265 e. The highest BCUT2D eigenvalue weighted by atomic mass is 79.9. The SMILES string of the molecule is CC(=O)N(C(=O)c1ccc2c(c1)OCO2)c1cc(Br)cc2c1NCC2. The summed E-state index contributed by atoms with van der Waals surface area (Å²) >= 11 is 3.47. The monoisotopic (exact) mass is 402 g/mol. The number of rotatable bonds is 2. The molecule has 2 aliphatic rings. The van der Waals surface area contributed by atoms with Gasteiger partial charge >= 0.3 is 0 Å². The van der Waals surface area contributed by atoms with Crippen LogP contribution in [0.4, 0.5) is 11.4 Å². The molecule has 2 amide bonds. The van der Waals surface area contributed by atoms with Gasteiger partial charge in [0.05, 0.1) is 11.4 Å². The molecular weight excluding hydrogens is 388 g/mol. The van der Waals surface area contributed by atoms with E-state index in [1.807, 2.05) is 6.07 Å². The molecule has 2 aromatic rings. The Hall–Kier alpha value is -2.54. The molecule has 2 aliphatic heterocycles. The Morgan fingerprint density at radius 1 is 1.16 bits per heavy atom. The highest BCUT2D eigenvalue weighted by Gasteiger charge is 2.28. The van der Waals surface area contributed by atoms with Gasteiger partial charge in [-0.15, -0.1) is 0 Å². The first-order chi connectivity index (χ1) is 12.0. The van der Waals surface area contributed by atoms with Gasteiger partial charge < -0.3 is 14.8 Å². The van der Waals surface area contributed by atoms with E-state index in [9.17, 15) is 9.59 Å². The molecule has 1 N–H and O–H groups in total. The van der Waals surface area contributed by atoms with Crippen molar-refractivity contribution >= 4 is 39.1 Å². The Morgan fingerprint density at radius 3 is 2.76 bits per heavy atom. The predicted molar refractivity (Wildman–Crippen MR) is 96.4 cm³/mol. The molecule has 2 aromatic carbocycles. The van der Waals surface area contributed by atoms with Gasteiger partial charge in [-0.3, -0.25) is 9.59 Å². The fraction of sp³-hybridized carbons (Fsp3) is 0.222. The zero-order valence-corrected chi connectivity index (χ0v) is 15.1. The lowest BCUT2D eigenvalue weighted by Crippen LogP contribution is -2.35. The van der Waals surface area contributed by atoms with Crippen molar-refractivity contribution in [1.29, 1.82) is 0 Å². The first kappa shape index (κ1) is 16.0. The molecular formula is C18H15BrN2O4. The molecule has 0 aromatic heterocycles. The first-order valence-corrected chi connectivity index (χ1v) is 8.65. The molecule has 2 heterocycles. The van der Waals surface area contributed by atoms with Gasteiger partial charge in [0.2, 0.25) is 12.7 Å². The normalized spacial score (nSPS) is 14.0. The minimum Gasteiger partial charge on any atom is -0.454 e. The van der Waals surface area contributed by atoms with Crippen molar-refractivity contribution in [1.82, 2.24) is 0 Å². The van der Waals surface area contributed by atoms with Crippen molar-refractivity contribution in [2.45, 2.75) is 13.3 Å². The maximum Gasteiger partial charge on any atom is 0.265 e. The average molecular weight is 403 g/mol. The number of imide groups is 1. The fourth-order valence-electron chi connectivity index (χ4n) is 3.13. The summed E-state index contributed by atoms with van der Waals surface area (Å²) in [6.07, 6.45) is 0.853. The number of hydrogen-bond donors (Lipinski definition) is 1. The summed E-state index contributed by atoms with van der Waals surface area (Å²) in [4.78, 5) is 26.6. The van der Waals surface area contributed by atoms with Crippen LogP contribution in [0.3, 0.4) is 0 Å². The summed E-state index contributed by atoms with van der Waals surface area (Å²) in [5, 5.41) is 3.27. The number of ether oxygens (including phenoxy) is 2. The van der Waals surface area contributed by atoms with Crippen LogP contribution in [0.1, 0.15) is 22.8 Å². The minimum absolute atomic E-state index is 0.131. The van der Waals surface area contributed by atoms with Gasteiger partial charge in [-0.1, -0.05) is 15.9 Å². The lowest BCUT2D eigenvalue weighted by Gasteiger charge is -2.22. The summed E-state index contributed by atoms with van der Waals surface area (Å²) in [6, 6.07) is 8.70. The molecule has 4 rings (SSSR count). The van der Waals surface area contributed by atoms with E-state index in [2.05, 4.69) is 21.2 Å². The van der Waals surface area contributed by atoms with Gasteiger partial charge in [-0.25, -0.2) is 4.90 Å². The van der Waals surface area contributed by atoms with Gasteiger partial charge in [0.25, 0.3) is 5.91 Å². The Morgan fingerprint density at radius 2 is 1.96 bits per heavy atom. The highest BCUT2D eigenvalue weighted by molar-refractivity contribution is 9.10. The van der Waals surface area contributed by atoms with Crippen LogP contribution in [-0.4, -0.2) is 25.2 Å². The quantitative estimate of drug-likeness (QED) is 0.833. The molecule has 0 bridgehead atoms. The van der Waals surface area contributed by atoms with Crippen molar-refractivity contribution in [3.05, 3.63) is 45.9 Å². The number of fused-ring (bicyclic) bond motifs is 2. The zero-order valence-electron chi connectivity index (χ0n) is 13.5. The van der Waals surface area contributed by atoms with E-state index in [0.717, 1.165) is 28.7 Å². The maximum absolute atomic E-state index is 13.1. The fourth-order valence-corrected chi connectivity index (χ4v) is 3.62. The summed E-state index contributed by atoms with van der Waals surface area (Å²) in [7, 11) is 0. The van der Waals surface area contributed by atoms with Crippen LogP contribution >= 0.6 is 15.9 Å². The standard InChI is InChI=1S/C18H15BrN2O4/c1-10(22)21(14-8-13(19)6-11-4-5-20-17(11)14)18(23)12-2-3-15-16(7-12)25-9-24-15/h2-3,6-8,20H,4-5,9H2,1H3. The van der Waals surface area contributed by atoms with E-state index in [0.29, 0.717) is 22.7 Å². The van der Waals surface area contributed by atoms with Crippen LogP contribution in [0.25, 0.3) is 0 Å². The lowest BCUT2D eigenvalue weighted by atomic mass is 10.1. The predicted octanol–water partition coefficient (Wildman–Crippen LogP) is 3.34. The molecule has 6 nitrogen and oxygen atoms in total. The highest BCUT2D eigenvalue weighted by Crippen LogP contribution is 2.38. The van der Waals surface area contributed by atoms with Crippen LogP contribution < -0.4 is 19.7 Å². The van der Waals surface area contributed by atoms with Gasteiger partial charge in [0.1, 0.15) is 0 Å². The number of nitrogens with zero attached hydrogens (tertiary/aromatic N) is 1. The third kappa shape index (κ3) is 2.74. The van der Waals surface area contributed by atoms with Gasteiger partial charge in [-0.2, -0.15) is 0 Å². The molecule has 25 heavy (non-hydrogen) atoms. The van der Waals surface area contributed by atoms with Gasteiger partial charge in [0, 0.05) is 23.5 Å². The van der Waals surface area contributed by atoms with Crippen LogP contribution in [0.5, 0.6) is 11.5 Å². The Labute approximate surface area is 152 Å². The Balaban J connectivity index is 1.78. The Bertz CT molecular complexity index is 897. The minimum atomic E-state index is -0.403. The largest absolute Gasteiger partial charge is 0.454 e. The molecule has 128 valence electrons. The van der Waals surface area contributed by atoms with E-state index in [1.54, 1.807) is 24.3 Å². The molecule has 0 spiro atoms. The van der Waals surface area contributed by atoms with E-state index in [1.165, 1.54) is 11.8 Å². The molecule has 0 atom stereocenters. The number of benzene rings is 2. The Kier molecular flexibility index (Phi) is 3.88. The lowest BCUT2D eigenvalue weighted by molar-refractivity contribution is -0.115. The first-order valence-electron chi connectivity index (χ1n) is 7.85. The molecule has 0 fully saturated rings. The van der Waals surface area contributed by atoms with E-state index < -0.39 is 5.91 Å². The van der Waals surface area contributed by atoms with E-state index in [4.69, 9.17) is 9.47 Å². The van der Waals surface area contributed by atoms with Crippen LogP contribution in [0, 0.1) is 0 Å². The topological polar surface area (TPSA) is 67.9 Å². The molecule has 0 aliphatic carbocycles. The van der Waals surface area contributed by atoms with Crippen molar-refractivity contribution in [2.24, 2.45) is 0 Å². The number of halogens is 1. The third-order valence-corrected chi connectivity index (χ3v) is 4.70. The van der Waals surface area contributed by atoms with Crippen LogP contribution in [0.15, 0.2) is 34.8 Å². The van der Waals surface area contributed by atoms with E-state index in [-0.39, 0.29) is 12.7 Å². The zero-order chi connectivity index (χ0) is 17.6. The van der Waals surface area contributed by atoms with Crippen molar-refractivity contribution in [2.75, 3.05) is 23.6 Å². The number of amides is 2. The number of nitrogens with one attached hydrogen (secondary N) is 1. The van der Waals surface area contributed by atoms with Crippen molar-refractivity contribution in [3.63, 3.8) is 0 Å².